The third-order valence-electron chi connectivity index (χ3n) is 6.24. The number of benzene rings is 3. The predicted octanol–water partition coefficient (Wildman–Crippen LogP) is 2.34. The topological polar surface area (TPSA) is 33.1 Å². The first-order chi connectivity index (χ1) is 14.1. The first kappa shape index (κ1) is 18.0. The van der Waals surface area contributed by atoms with E-state index in [2.05, 4.69) is 89.9 Å². The van der Waals surface area contributed by atoms with Gasteiger partial charge < -0.3 is 5.11 Å². The normalized spacial score (nSPS) is 19.3. The highest BCUT2D eigenvalue weighted by Gasteiger charge is 2.51. The molecule has 4 aromatic rings. The summed E-state index contributed by atoms with van der Waals surface area (Å²) in [5, 5.41) is 16.8. The van der Waals surface area contributed by atoms with Gasteiger partial charge in [0.2, 0.25) is 0 Å². The minimum absolute atomic E-state index is 0.918. The second-order valence-corrected chi connectivity index (χ2v) is 11.7. The SMILES string of the molecule is Cc1cc2c(cn1)C(C)(O)c1ccccc1[Si]2(c1ccccc1)c1ccccc1. The van der Waals surface area contributed by atoms with Crippen molar-refractivity contribution < 1.29 is 5.11 Å². The summed E-state index contributed by atoms with van der Waals surface area (Å²) < 4.78 is 0. The highest BCUT2D eigenvalue weighted by molar-refractivity contribution is 7.20. The van der Waals surface area contributed by atoms with Crippen molar-refractivity contribution in [3.63, 3.8) is 0 Å². The number of pyridine rings is 1. The Morgan fingerprint density at radius 1 is 0.724 bits per heavy atom. The van der Waals surface area contributed by atoms with Gasteiger partial charge in [-0.25, -0.2) is 0 Å². The maximum absolute atomic E-state index is 11.7. The molecule has 0 saturated heterocycles. The molecule has 0 amide bonds. The number of rotatable bonds is 2. The molecule has 1 atom stereocenters. The van der Waals surface area contributed by atoms with E-state index >= 15 is 0 Å². The number of aryl methyl sites for hydroxylation is 1. The molecule has 2 heterocycles. The van der Waals surface area contributed by atoms with Crippen LogP contribution in [0.15, 0.2) is 97.2 Å². The molecule has 0 bridgehead atoms. The van der Waals surface area contributed by atoms with Gasteiger partial charge in [0.25, 0.3) is 0 Å². The molecule has 0 fully saturated rings. The standard InChI is InChI=1S/C26H23NOSi/c1-19-17-25-23(18-27-19)26(2,28)22-15-9-10-16-24(22)29(25,20-11-5-3-6-12-20)21-13-7-4-8-14-21/h3-18,28H,1-2H3. The van der Waals surface area contributed by atoms with Crippen LogP contribution in [-0.4, -0.2) is 18.2 Å². The number of fused-ring (bicyclic) bond motifs is 2. The number of aliphatic hydroxyl groups is 1. The van der Waals surface area contributed by atoms with Crippen LogP contribution in [0, 0.1) is 6.92 Å². The van der Waals surface area contributed by atoms with Crippen LogP contribution in [0.3, 0.4) is 0 Å². The monoisotopic (exact) mass is 393 g/mol. The Kier molecular flexibility index (Phi) is 4.05. The molecule has 3 heteroatoms. The van der Waals surface area contributed by atoms with Crippen LogP contribution in [-0.2, 0) is 5.60 Å². The molecule has 29 heavy (non-hydrogen) atoms. The van der Waals surface area contributed by atoms with Crippen LogP contribution in [0.1, 0.15) is 23.7 Å². The van der Waals surface area contributed by atoms with E-state index < -0.39 is 13.7 Å². The van der Waals surface area contributed by atoms with Crippen molar-refractivity contribution in [3.8, 4) is 0 Å². The van der Waals surface area contributed by atoms with Crippen molar-refractivity contribution in [1.29, 1.82) is 0 Å². The molecule has 0 aliphatic carbocycles. The van der Waals surface area contributed by atoms with Gasteiger partial charge in [0.05, 0.1) is 0 Å². The van der Waals surface area contributed by atoms with Crippen molar-refractivity contribution in [3.05, 3.63) is 114 Å². The van der Waals surface area contributed by atoms with E-state index in [1.807, 2.05) is 26.1 Å². The predicted molar refractivity (Wildman–Crippen MR) is 121 cm³/mol. The lowest BCUT2D eigenvalue weighted by atomic mass is 9.88. The van der Waals surface area contributed by atoms with E-state index in [9.17, 15) is 5.11 Å². The molecule has 142 valence electrons. The van der Waals surface area contributed by atoms with Crippen molar-refractivity contribution in [2.24, 2.45) is 0 Å². The molecular weight excluding hydrogens is 370 g/mol. The van der Waals surface area contributed by atoms with Gasteiger partial charge >= 0.3 is 0 Å². The molecule has 3 aromatic carbocycles. The largest absolute Gasteiger partial charge is 0.381 e. The highest BCUT2D eigenvalue weighted by Crippen LogP contribution is 2.33. The Labute approximate surface area is 172 Å². The van der Waals surface area contributed by atoms with Gasteiger partial charge in [-0.15, -0.1) is 0 Å². The molecule has 0 spiro atoms. The van der Waals surface area contributed by atoms with E-state index in [-0.39, 0.29) is 0 Å². The van der Waals surface area contributed by atoms with Crippen molar-refractivity contribution >= 4 is 28.8 Å². The molecule has 0 saturated carbocycles. The average Bonchev–Trinajstić information content (AvgIpc) is 2.76. The minimum Gasteiger partial charge on any atom is -0.381 e. The van der Waals surface area contributed by atoms with Gasteiger partial charge in [-0.3, -0.25) is 4.98 Å². The van der Waals surface area contributed by atoms with Crippen LogP contribution in [0.5, 0.6) is 0 Å². The Hall–Kier alpha value is -3.01. The molecule has 2 nitrogen and oxygen atoms in total. The molecule has 0 radical (unpaired) electrons. The zero-order chi connectivity index (χ0) is 20.1. The summed E-state index contributed by atoms with van der Waals surface area (Å²) in [4.78, 5) is 4.58. The number of aromatic nitrogens is 1. The third kappa shape index (κ3) is 2.48. The molecular formula is C26H23NOSi. The first-order valence-electron chi connectivity index (χ1n) is 9.97. The Morgan fingerprint density at radius 2 is 1.28 bits per heavy atom. The van der Waals surface area contributed by atoms with Crippen LogP contribution in [0.2, 0.25) is 0 Å². The molecule has 1 aliphatic heterocycles. The molecule has 1 unspecified atom stereocenters. The summed E-state index contributed by atoms with van der Waals surface area (Å²) >= 11 is 0. The fourth-order valence-corrected chi connectivity index (χ4v) is 10.4. The number of nitrogens with zero attached hydrogens (tertiary/aromatic N) is 1. The fourth-order valence-electron chi connectivity index (χ4n) is 4.95. The summed E-state index contributed by atoms with van der Waals surface area (Å²) in [6, 6.07) is 32.2. The Morgan fingerprint density at radius 3 is 1.90 bits per heavy atom. The summed E-state index contributed by atoms with van der Waals surface area (Å²) in [5.41, 5.74) is 1.80. The van der Waals surface area contributed by atoms with Gasteiger partial charge in [-0.05, 0) is 46.2 Å². The Balaban J connectivity index is 2.03. The molecule has 1 aliphatic rings. The van der Waals surface area contributed by atoms with Crippen LogP contribution in [0.25, 0.3) is 0 Å². The van der Waals surface area contributed by atoms with Gasteiger partial charge in [0, 0.05) is 17.5 Å². The smallest absolute Gasteiger partial charge is 0.180 e. The zero-order valence-corrected chi connectivity index (χ0v) is 17.6. The molecule has 1 aromatic heterocycles. The number of hydrogen-bond donors (Lipinski definition) is 1. The summed E-state index contributed by atoms with van der Waals surface area (Å²) in [5.74, 6) is 0. The maximum atomic E-state index is 11.7. The average molecular weight is 394 g/mol. The summed E-state index contributed by atoms with van der Waals surface area (Å²) in [6.07, 6.45) is 1.88. The second-order valence-electron chi connectivity index (χ2n) is 7.97. The molecule has 5 rings (SSSR count). The van der Waals surface area contributed by atoms with E-state index in [1.165, 1.54) is 20.7 Å². The van der Waals surface area contributed by atoms with Crippen molar-refractivity contribution in [2.45, 2.75) is 19.4 Å². The highest BCUT2D eigenvalue weighted by atomic mass is 28.3. The quantitative estimate of drug-likeness (QED) is 0.531. The zero-order valence-electron chi connectivity index (χ0n) is 16.6. The lowest BCUT2D eigenvalue weighted by molar-refractivity contribution is 0.103. The lowest BCUT2D eigenvalue weighted by Gasteiger charge is -2.45. The van der Waals surface area contributed by atoms with E-state index in [0.717, 1.165) is 16.8 Å². The molecule has 1 N–H and O–H groups in total. The van der Waals surface area contributed by atoms with Gasteiger partial charge in [-0.1, -0.05) is 84.9 Å². The van der Waals surface area contributed by atoms with E-state index in [4.69, 9.17) is 0 Å². The van der Waals surface area contributed by atoms with E-state index in [0.29, 0.717) is 0 Å². The maximum Gasteiger partial charge on any atom is 0.180 e. The first-order valence-corrected chi connectivity index (χ1v) is 12.0. The van der Waals surface area contributed by atoms with Crippen LogP contribution in [0.4, 0.5) is 0 Å². The summed E-state index contributed by atoms with van der Waals surface area (Å²) in [7, 11) is -2.60. The van der Waals surface area contributed by atoms with Crippen LogP contribution >= 0.6 is 0 Å². The number of hydrogen-bond acceptors (Lipinski definition) is 2. The van der Waals surface area contributed by atoms with Crippen molar-refractivity contribution in [2.75, 3.05) is 0 Å². The second kappa shape index (κ2) is 6.51. The van der Waals surface area contributed by atoms with Crippen molar-refractivity contribution in [1.82, 2.24) is 4.98 Å². The van der Waals surface area contributed by atoms with Crippen LogP contribution < -0.4 is 20.7 Å². The van der Waals surface area contributed by atoms with Gasteiger partial charge in [-0.2, -0.15) is 0 Å². The van der Waals surface area contributed by atoms with Gasteiger partial charge in [0.1, 0.15) is 5.60 Å². The Bertz CT molecular complexity index is 1150. The van der Waals surface area contributed by atoms with Gasteiger partial charge in [0.15, 0.2) is 8.07 Å². The third-order valence-corrected chi connectivity index (χ3v) is 11.1. The fraction of sp³-hybridized carbons (Fsp3) is 0.115. The minimum atomic E-state index is -2.60. The van der Waals surface area contributed by atoms with E-state index in [1.54, 1.807) is 0 Å². The summed E-state index contributed by atoms with van der Waals surface area (Å²) in [6.45, 7) is 3.93. The lowest BCUT2D eigenvalue weighted by Crippen LogP contribution is -2.79.